The SMILES string of the molecule is CCOC(=O)C1=C(CS(=O)(=O)c2ccc(F)cc2)NC(=O)N[C@@H]1c1ccc(OCC)c(OC)c1. The molecule has 1 atom stereocenters. The lowest BCUT2D eigenvalue weighted by molar-refractivity contribution is -0.139. The van der Waals surface area contributed by atoms with Gasteiger partial charge in [-0.3, -0.25) is 0 Å². The maximum atomic E-state index is 13.3. The number of ether oxygens (including phenoxy) is 3. The number of benzene rings is 2. The Hall–Kier alpha value is -3.60. The van der Waals surface area contributed by atoms with E-state index in [4.69, 9.17) is 14.2 Å². The largest absolute Gasteiger partial charge is 0.493 e. The first-order valence-electron chi connectivity index (χ1n) is 10.5. The number of esters is 1. The van der Waals surface area contributed by atoms with E-state index in [2.05, 4.69) is 10.6 Å². The summed E-state index contributed by atoms with van der Waals surface area (Å²) in [5.41, 5.74) is 0.248. The fraction of sp³-hybridized carbons (Fsp3) is 0.304. The summed E-state index contributed by atoms with van der Waals surface area (Å²) >= 11 is 0. The highest BCUT2D eigenvalue weighted by Gasteiger charge is 2.36. The third-order valence-electron chi connectivity index (χ3n) is 4.98. The Kier molecular flexibility index (Phi) is 7.77. The van der Waals surface area contributed by atoms with Crippen molar-refractivity contribution in [2.75, 3.05) is 26.1 Å². The minimum Gasteiger partial charge on any atom is -0.493 e. The molecule has 0 aliphatic carbocycles. The van der Waals surface area contributed by atoms with Crippen molar-refractivity contribution >= 4 is 21.8 Å². The third kappa shape index (κ3) is 5.48. The van der Waals surface area contributed by atoms with Crippen LogP contribution in [-0.4, -0.2) is 46.5 Å². The van der Waals surface area contributed by atoms with E-state index in [0.29, 0.717) is 23.7 Å². The molecule has 182 valence electrons. The molecule has 1 aliphatic rings. The van der Waals surface area contributed by atoms with Crippen molar-refractivity contribution < 1.29 is 36.6 Å². The van der Waals surface area contributed by atoms with Crippen LogP contribution in [0.5, 0.6) is 11.5 Å². The molecule has 0 aromatic heterocycles. The van der Waals surface area contributed by atoms with Crippen molar-refractivity contribution in [1.29, 1.82) is 0 Å². The zero-order valence-electron chi connectivity index (χ0n) is 18.9. The molecule has 11 heteroatoms. The second-order valence-corrected chi connectivity index (χ2v) is 9.19. The molecule has 2 aromatic carbocycles. The number of carbonyl (C=O) groups is 2. The zero-order chi connectivity index (χ0) is 24.9. The van der Waals surface area contributed by atoms with Gasteiger partial charge >= 0.3 is 12.0 Å². The molecule has 2 N–H and O–H groups in total. The van der Waals surface area contributed by atoms with E-state index in [-0.39, 0.29) is 22.8 Å². The van der Waals surface area contributed by atoms with Gasteiger partial charge in [0.25, 0.3) is 0 Å². The monoisotopic (exact) mass is 492 g/mol. The lowest BCUT2D eigenvalue weighted by atomic mass is 9.95. The summed E-state index contributed by atoms with van der Waals surface area (Å²) in [6.45, 7) is 3.86. The van der Waals surface area contributed by atoms with Gasteiger partial charge in [0, 0.05) is 5.70 Å². The van der Waals surface area contributed by atoms with Gasteiger partial charge in [0.1, 0.15) is 5.82 Å². The number of carbonyl (C=O) groups excluding carboxylic acids is 2. The predicted octanol–water partition coefficient (Wildman–Crippen LogP) is 2.88. The molecule has 0 unspecified atom stereocenters. The standard InChI is InChI=1S/C23H25FN2O7S/c1-4-32-18-11-6-14(12-19(18)31-3)21-20(22(27)33-5-2)17(25-23(28)26-21)13-34(29,30)16-9-7-15(24)8-10-16/h6-12,21H,4-5,13H2,1-3H3,(H2,25,26,28)/t21-/m1/s1. The van der Waals surface area contributed by atoms with Gasteiger partial charge in [-0.05, 0) is 55.8 Å². The summed E-state index contributed by atoms with van der Waals surface area (Å²) in [5, 5.41) is 5.06. The number of rotatable bonds is 9. The molecule has 0 spiro atoms. The van der Waals surface area contributed by atoms with E-state index >= 15 is 0 Å². The van der Waals surface area contributed by atoms with Crippen molar-refractivity contribution in [2.24, 2.45) is 0 Å². The van der Waals surface area contributed by atoms with E-state index in [9.17, 15) is 22.4 Å². The second kappa shape index (κ2) is 10.6. The van der Waals surface area contributed by atoms with Crippen LogP contribution in [0, 0.1) is 5.82 Å². The maximum absolute atomic E-state index is 13.3. The average Bonchev–Trinajstić information content (AvgIpc) is 2.79. The molecule has 1 heterocycles. The first kappa shape index (κ1) is 25.0. The fourth-order valence-electron chi connectivity index (χ4n) is 3.49. The van der Waals surface area contributed by atoms with Crippen LogP contribution in [0.15, 0.2) is 58.6 Å². The van der Waals surface area contributed by atoms with Gasteiger partial charge < -0.3 is 24.8 Å². The summed E-state index contributed by atoms with van der Waals surface area (Å²) in [7, 11) is -2.58. The van der Waals surface area contributed by atoms with Crippen LogP contribution in [-0.2, 0) is 19.4 Å². The molecule has 34 heavy (non-hydrogen) atoms. The number of urea groups is 1. The van der Waals surface area contributed by atoms with Crippen LogP contribution < -0.4 is 20.1 Å². The average molecular weight is 493 g/mol. The van der Waals surface area contributed by atoms with Gasteiger partial charge in [-0.25, -0.2) is 22.4 Å². The van der Waals surface area contributed by atoms with Gasteiger partial charge in [-0.1, -0.05) is 6.07 Å². The smallest absolute Gasteiger partial charge is 0.338 e. The summed E-state index contributed by atoms with van der Waals surface area (Å²) in [6.07, 6.45) is 0. The highest BCUT2D eigenvalue weighted by atomic mass is 32.2. The molecule has 2 amide bonds. The summed E-state index contributed by atoms with van der Waals surface area (Å²) in [5.74, 6) is -1.25. The van der Waals surface area contributed by atoms with E-state index in [1.54, 1.807) is 25.1 Å². The second-order valence-electron chi connectivity index (χ2n) is 7.20. The Bertz CT molecular complexity index is 1210. The molecular weight excluding hydrogens is 467 g/mol. The number of nitrogens with one attached hydrogen (secondary N) is 2. The molecule has 0 bridgehead atoms. The molecule has 0 saturated heterocycles. The van der Waals surface area contributed by atoms with Crippen molar-refractivity contribution in [3.05, 3.63) is 65.1 Å². The zero-order valence-corrected chi connectivity index (χ0v) is 19.7. The Morgan fingerprint density at radius 1 is 1.06 bits per heavy atom. The van der Waals surface area contributed by atoms with Crippen molar-refractivity contribution in [1.82, 2.24) is 10.6 Å². The number of methoxy groups -OCH3 is 1. The first-order valence-corrected chi connectivity index (χ1v) is 12.1. The van der Waals surface area contributed by atoms with Crippen LogP contribution in [0.1, 0.15) is 25.5 Å². The summed E-state index contributed by atoms with van der Waals surface area (Å²) in [6, 6.07) is 7.41. The molecule has 0 saturated carbocycles. The predicted molar refractivity (Wildman–Crippen MR) is 121 cm³/mol. The van der Waals surface area contributed by atoms with Crippen LogP contribution in [0.2, 0.25) is 0 Å². The van der Waals surface area contributed by atoms with Gasteiger partial charge in [0.15, 0.2) is 21.3 Å². The Balaban J connectivity index is 2.10. The lowest BCUT2D eigenvalue weighted by Crippen LogP contribution is -2.47. The topological polar surface area (TPSA) is 120 Å². The quantitative estimate of drug-likeness (QED) is 0.408. The molecule has 1 aliphatic heterocycles. The molecule has 9 nitrogen and oxygen atoms in total. The summed E-state index contributed by atoms with van der Waals surface area (Å²) in [4.78, 5) is 25.2. The Labute approximate surface area is 196 Å². The Morgan fingerprint density at radius 3 is 2.38 bits per heavy atom. The van der Waals surface area contributed by atoms with Gasteiger partial charge in [0.2, 0.25) is 0 Å². The lowest BCUT2D eigenvalue weighted by Gasteiger charge is -2.29. The molecule has 3 rings (SSSR count). The molecular formula is C23H25FN2O7S. The first-order chi connectivity index (χ1) is 16.2. The third-order valence-corrected chi connectivity index (χ3v) is 6.64. The minimum absolute atomic E-state index is 0.0353. The maximum Gasteiger partial charge on any atom is 0.338 e. The number of sulfone groups is 1. The molecule has 2 aromatic rings. The van der Waals surface area contributed by atoms with Crippen LogP contribution in [0.25, 0.3) is 0 Å². The highest BCUT2D eigenvalue weighted by Crippen LogP contribution is 2.35. The molecule has 0 fully saturated rings. The number of halogens is 1. The highest BCUT2D eigenvalue weighted by molar-refractivity contribution is 7.91. The fourth-order valence-corrected chi connectivity index (χ4v) is 4.81. The number of hydrogen-bond donors (Lipinski definition) is 2. The van der Waals surface area contributed by atoms with Crippen LogP contribution in [0.4, 0.5) is 9.18 Å². The van der Waals surface area contributed by atoms with Gasteiger partial charge in [-0.2, -0.15) is 0 Å². The number of amides is 2. The Morgan fingerprint density at radius 2 is 1.76 bits per heavy atom. The normalized spacial score (nSPS) is 15.9. The number of hydrogen-bond acceptors (Lipinski definition) is 7. The van der Waals surface area contributed by atoms with Crippen molar-refractivity contribution in [3.8, 4) is 11.5 Å². The van der Waals surface area contributed by atoms with Crippen molar-refractivity contribution in [2.45, 2.75) is 24.8 Å². The summed E-state index contributed by atoms with van der Waals surface area (Å²) < 4.78 is 55.3. The van der Waals surface area contributed by atoms with Crippen LogP contribution >= 0.6 is 0 Å². The van der Waals surface area contributed by atoms with E-state index in [1.165, 1.54) is 7.11 Å². The van der Waals surface area contributed by atoms with Crippen molar-refractivity contribution in [3.63, 3.8) is 0 Å². The molecule has 0 radical (unpaired) electrons. The van der Waals surface area contributed by atoms with E-state index in [1.807, 2.05) is 6.92 Å². The van der Waals surface area contributed by atoms with Gasteiger partial charge in [0.05, 0.1) is 42.6 Å². The van der Waals surface area contributed by atoms with E-state index in [0.717, 1.165) is 24.3 Å². The van der Waals surface area contributed by atoms with E-state index < -0.39 is 39.4 Å². The van der Waals surface area contributed by atoms with Gasteiger partial charge in [-0.15, -0.1) is 0 Å². The minimum atomic E-state index is -4.03. The van der Waals surface area contributed by atoms with Crippen LogP contribution in [0.3, 0.4) is 0 Å².